The molecule has 0 saturated carbocycles. The maximum absolute atomic E-state index is 11.2. The molecule has 0 amide bonds. The van der Waals surface area contributed by atoms with Gasteiger partial charge in [0, 0.05) is 10.9 Å². The Hall–Kier alpha value is -0.870. The molecular weight excluding hydrogens is 284 g/mol. The summed E-state index contributed by atoms with van der Waals surface area (Å²) in [5.41, 5.74) is 1.93. The first-order chi connectivity index (χ1) is 8.04. The predicted molar refractivity (Wildman–Crippen MR) is 69.7 cm³/mol. The lowest BCUT2D eigenvalue weighted by molar-refractivity contribution is -0.143. The molecule has 1 atom stereocenters. The normalized spacial score (nSPS) is 12.2. The third-order valence-corrected chi connectivity index (χ3v) is 3.36. The van der Waals surface area contributed by atoms with Gasteiger partial charge in [-0.15, -0.1) is 0 Å². The van der Waals surface area contributed by atoms with Crippen molar-refractivity contribution in [1.29, 1.82) is 0 Å². The Morgan fingerprint density at radius 3 is 2.82 bits per heavy atom. The molecule has 0 saturated heterocycles. The van der Waals surface area contributed by atoms with Gasteiger partial charge in [-0.05, 0) is 37.5 Å². The molecular formula is C13H17BrO3. The Kier molecular flexibility index (Phi) is 5.65. The highest BCUT2D eigenvalue weighted by molar-refractivity contribution is 9.10. The lowest BCUT2D eigenvalue weighted by atomic mass is 10.0. The molecule has 1 aromatic carbocycles. The molecule has 17 heavy (non-hydrogen) atoms. The molecule has 1 aromatic rings. The van der Waals surface area contributed by atoms with Crippen LogP contribution >= 0.6 is 15.9 Å². The van der Waals surface area contributed by atoms with Crippen LogP contribution in [0.2, 0.25) is 0 Å². The number of benzene rings is 1. The van der Waals surface area contributed by atoms with E-state index in [1.165, 1.54) is 0 Å². The standard InChI is InChI=1S/C13H17BrO3/c1-3-17-13(16)7-6-12(15)10-5-4-9(2)11(14)8-10/h4-5,8,12,15H,3,6-7H2,1-2H3. The van der Waals surface area contributed by atoms with E-state index in [4.69, 9.17) is 4.74 Å². The predicted octanol–water partition coefficient (Wildman–Crippen LogP) is 3.13. The lowest BCUT2D eigenvalue weighted by Crippen LogP contribution is -2.07. The fraction of sp³-hybridized carbons (Fsp3) is 0.462. The second kappa shape index (κ2) is 6.77. The maximum Gasteiger partial charge on any atom is 0.305 e. The van der Waals surface area contributed by atoms with Gasteiger partial charge in [-0.1, -0.05) is 28.1 Å². The Morgan fingerprint density at radius 2 is 2.24 bits per heavy atom. The van der Waals surface area contributed by atoms with Crippen LogP contribution < -0.4 is 0 Å². The van der Waals surface area contributed by atoms with Crippen molar-refractivity contribution < 1.29 is 14.6 Å². The van der Waals surface area contributed by atoms with Gasteiger partial charge in [0.05, 0.1) is 12.7 Å². The van der Waals surface area contributed by atoms with Crippen LogP contribution in [-0.4, -0.2) is 17.7 Å². The molecule has 0 heterocycles. The van der Waals surface area contributed by atoms with Crippen LogP contribution in [-0.2, 0) is 9.53 Å². The van der Waals surface area contributed by atoms with Crippen LogP contribution in [0.1, 0.15) is 37.0 Å². The fourth-order valence-electron chi connectivity index (χ4n) is 1.47. The molecule has 0 bridgehead atoms. The molecule has 1 N–H and O–H groups in total. The molecule has 4 heteroatoms. The Bertz CT molecular complexity index is 390. The summed E-state index contributed by atoms with van der Waals surface area (Å²) in [6.45, 7) is 4.13. The number of carbonyl (C=O) groups is 1. The highest BCUT2D eigenvalue weighted by atomic mass is 79.9. The molecule has 1 rings (SSSR count). The number of aliphatic hydroxyl groups is 1. The number of ether oxygens (including phenoxy) is 1. The molecule has 94 valence electrons. The van der Waals surface area contributed by atoms with Gasteiger partial charge in [-0.25, -0.2) is 0 Å². The molecule has 0 aliphatic rings. The summed E-state index contributed by atoms with van der Waals surface area (Å²) in [5, 5.41) is 9.92. The van der Waals surface area contributed by atoms with E-state index in [0.29, 0.717) is 13.0 Å². The van der Waals surface area contributed by atoms with Crippen molar-refractivity contribution in [2.24, 2.45) is 0 Å². The number of aliphatic hydroxyl groups excluding tert-OH is 1. The lowest BCUT2D eigenvalue weighted by Gasteiger charge is -2.11. The van der Waals surface area contributed by atoms with E-state index in [0.717, 1.165) is 15.6 Å². The van der Waals surface area contributed by atoms with Crippen molar-refractivity contribution in [3.8, 4) is 0 Å². The van der Waals surface area contributed by atoms with Crippen LogP contribution in [0.15, 0.2) is 22.7 Å². The summed E-state index contributed by atoms with van der Waals surface area (Å²) in [7, 11) is 0. The Balaban J connectivity index is 2.54. The highest BCUT2D eigenvalue weighted by Gasteiger charge is 2.11. The van der Waals surface area contributed by atoms with Crippen LogP contribution in [0.3, 0.4) is 0 Å². The zero-order valence-electron chi connectivity index (χ0n) is 10.1. The van der Waals surface area contributed by atoms with Crippen molar-refractivity contribution in [3.05, 3.63) is 33.8 Å². The van der Waals surface area contributed by atoms with E-state index in [-0.39, 0.29) is 12.4 Å². The average Bonchev–Trinajstić information content (AvgIpc) is 2.30. The van der Waals surface area contributed by atoms with Gasteiger partial charge in [0.1, 0.15) is 0 Å². The van der Waals surface area contributed by atoms with Gasteiger partial charge in [-0.3, -0.25) is 4.79 Å². The number of carbonyl (C=O) groups excluding carboxylic acids is 1. The van der Waals surface area contributed by atoms with Crippen LogP contribution in [0.5, 0.6) is 0 Å². The van der Waals surface area contributed by atoms with Crippen LogP contribution in [0.25, 0.3) is 0 Å². The third kappa shape index (κ3) is 4.48. The van der Waals surface area contributed by atoms with Crippen LogP contribution in [0.4, 0.5) is 0 Å². The molecule has 0 aromatic heterocycles. The SMILES string of the molecule is CCOC(=O)CCC(O)c1ccc(C)c(Br)c1. The van der Waals surface area contributed by atoms with Gasteiger partial charge >= 0.3 is 5.97 Å². The van der Waals surface area contributed by atoms with Crippen molar-refractivity contribution in [1.82, 2.24) is 0 Å². The molecule has 1 unspecified atom stereocenters. The van der Waals surface area contributed by atoms with E-state index in [1.807, 2.05) is 25.1 Å². The Labute approximate surface area is 110 Å². The van der Waals surface area contributed by atoms with Gasteiger partial charge in [0.2, 0.25) is 0 Å². The second-order valence-corrected chi connectivity index (χ2v) is 4.72. The molecule has 0 fully saturated rings. The smallest absolute Gasteiger partial charge is 0.305 e. The summed E-state index contributed by atoms with van der Waals surface area (Å²) < 4.78 is 5.77. The molecule has 0 aliphatic carbocycles. The molecule has 0 spiro atoms. The Morgan fingerprint density at radius 1 is 1.53 bits per heavy atom. The first kappa shape index (κ1) is 14.2. The largest absolute Gasteiger partial charge is 0.466 e. The van der Waals surface area contributed by atoms with Crippen LogP contribution in [0, 0.1) is 6.92 Å². The monoisotopic (exact) mass is 300 g/mol. The zero-order chi connectivity index (χ0) is 12.8. The minimum absolute atomic E-state index is 0.237. The third-order valence-electron chi connectivity index (χ3n) is 2.51. The summed E-state index contributed by atoms with van der Waals surface area (Å²) in [4.78, 5) is 11.2. The number of hydrogen-bond donors (Lipinski definition) is 1. The quantitative estimate of drug-likeness (QED) is 0.850. The minimum atomic E-state index is -0.628. The average molecular weight is 301 g/mol. The number of halogens is 1. The summed E-state index contributed by atoms with van der Waals surface area (Å²) >= 11 is 3.42. The van der Waals surface area contributed by atoms with Crippen molar-refractivity contribution >= 4 is 21.9 Å². The number of rotatable bonds is 5. The number of aryl methyl sites for hydroxylation is 1. The zero-order valence-corrected chi connectivity index (χ0v) is 11.7. The highest BCUT2D eigenvalue weighted by Crippen LogP contribution is 2.24. The number of hydrogen-bond acceptors (Lipinski definition) is 3. The van der Waals surface area contributed by atoms with E-state index in [2.05, 4.69) is 15.9 Å². The van der Waals surface area contributed by atoms with Crippen molar-refractivity contribution in [3.63, 3.8) is 0 Å². The molecule has 0 radical (unpaired) electrons. The first-order valence-electron chi connectivity index (χ1n) is 5.64. The summed E-state index contributed by atoms with van der Waals surface area (Å²) in [6, 6.07) is 5.69. The molecule has 0 aliphatic heterocycles. The maximum atomic E-state index is 11.2. The first-order valence-corrected chi connectivity index (χ1v) is 6.43. The summed E-state index contributed by atoms with van der Waals surface area (Å²) in [6.07, 6.45) is -0.00854. The van der Waals surface area contributed by atoms with E-state index in [9.17, 15) is 9.90 Å². The molecule has 3 nitrogen and oxygen atoms in total. The minimum Gasteiger partial charge on any atom is -0.466 e. The van der Waals surface area contributed by atoms with Gasteiger partial charge in [0.25, 0.3) is 0 Å². The fourth-order valence-corrected chi connectivity index (χ4v) is 1.87. The van der Waals surface area contributed by atoms with Gasteiger partial charge in [-0.2, -0.15) is 0 Å². The second-order valence-electron chi connectivity index (χ2n) is 3.87. The van der Waals surface area contributed by atoms with Crippen molar-refractivity contribution in [2.45, 2.75) is 32.8 Å². The summed E-state index contributed by atoms with van der Waals surface area (Å²) in [5.74, 6) is -0.266. The number of esters is 1. The van der Waals surface area contributed by atoms with E-state index in [1.54, 1.807) is 6.92 Å². The van der Waals surface area contributed by atoms with Crippen molar-refractivity contribution in [2.75, 3.05) is 6.61 Å². The van der Waals surface area contributed by atoms with Gasteiger partial charge in [0.15, 0.2) is 0 Å². The van der Waals surface area contributed by atoms with E-state index >= 15 is 0 Å². The van der Waals surface area contributed by atoms with E-state index < -0.39 is 6.10 Å². The topological polar surface area (TPSA) is 46.5 Å². The van der Waals surface area contributed by atoms with Gasteiger partial charge < -0.3 is 9.84 Å².